The summed E-state index contributed by atoms with van der Waals surface area (Å²) in [5, 5.41) is 2.80. The number of benzene rings is 2. The molecule has 1 amide bonds. The van der Waals surface area contributed by atoms with Crippen LogP contribution in [0.25, 0.3) is 0 Å². The Morgan fingerprint density at radius 2 is 1.68 bits per heavy atom. The Morgan fingerprint density at radius 1 is 1.00 bits per heavy atom. The molecule has 0 aromatic heterocycles. The molecule has 0 aliphatic rings. The first-order chi connectivity index (χ1) is 11.6. The highest BCUT2D eigenvalue weighted by atomic mass is 32.2. The minimum absolute atomic E-state index is 0.269. The molecule has 25 heavy (non-hydrogen) atoms. The molecule has 6 heteroatoms. The van der Waals surface area contributed by atoms with Crippen LogP contribution in [0, 0.1) is 27.7 Å². The zero-order valence-corrected chi connectivity index (χ0v) is 16.1. The van der Waals surface area contributed by atoms with E-state index in [1.165, 1.54) is 0 Å². The van der Waals surface area contributed by atoms with Gasteiger partial charge in [0.05, 0.1) is 11.9 Å². The minimum atomic E-state index is -3.58. The van der Waals surface area contributed by atoms with E-state index in [0.29, 0.717) is 11.4 Å². The second-order valence-corrected chi connectivity index (χ2v) is 8.24. The van der Waals surface area contributed by atoms with E-state index >= 15 is 0 Å². The second-order valence-electron chi connectivity index (χ2n) is 6.33. The molecule has 2 aromatic rings. The summed E-state index contributed by atoms with van der Waals surface area (Å²) < 4.78 is 25.5. The molecule has 0 unspecified atom stereocenters. The highest BCUT2D eigenvalue weighted by Gasteiger charge is 2.21. The number of hydrogen-bond acceptors (Lipinski definition) is 3. The predicted octanol–water partition coefficient (Wildman–Crippen LogP) is 3.32. The minimum Gasteiger partial charge on any atom is -0.324 e. The molecule has 0 aliphatic carbocycles. The molecule has 0 spiro atoms. The first kappa shape index (κ1) is 19.0. The van der Waals surface area contributed by atoms with E-state index in [-0.39, 0.29) is 12.5 Å². The van der Waals surface area contributed by atoms with E-state index in [0.717, 1.165) is 32.8 Å². The molecule has 2 aromatic carbocycles. The van der Waals surface area contributed by atoms with Gasteiger partial charge >= 0.3 is 0 Å². The van der Waals surface area contributed by atoms with E-state index in [2.05, 4.69) is 5.32 Å². The fraction of sp³-hybridized carbons (Fsp3) is 0.316. The van der Waals surface area contributed by atoms with E-state index < -0.39 is 10.0 Å². The van der Waals surface area contributed by atoms with Crippen molar-refractivity contribution in [2.75, 3.05) is 22.4 Å². The SMILES string of the molecule is Cc1ccc(N(CC(=O)Nc2cccc(C)c2C)S(C)(=O)=O)cc1C. The van der Waals surface area contributed by atoms with Crippen molar-refractivity contribution in [3.8, 4) is 0 Å². The zero-order chi connectivity index (χ0) is 18.8. The molecule has 0 heterocycles. The number of carbonyl (C=O) groups is 1. The highest BCUT2D eigenvalue weighted by Crippen LogP contribution is 2.22. The lowest BCUT2D eigenvalue weighted by molar-refractivity contribution is -0.114. The molecule has 0 aliphatic heterocycles. The largest absolute Gasteiger partial charge is 0.324 e. The van der Waals surface area contributed by atoms with Crippen LogP contribution in [0.1, 0.15) is 22.3 Å². The number of aryl methyl sites for hydroxylation is 3. The van der Waals surface area contributed by atoms with Gasteiger partial charge in [-0.25, -0.2) is 8.42 Å². The van der Waals surface area contributed by atoms with Gasteiger partial charge in [-0.05, 0) is 68.1 Å². The van der Waals surface area contributed by atoms with Crippen molar-refractivity contribution in [2.24, 2.45) is 0 Å². The van der Waals surface area contributed by atoms with Gasteiger partial charge in [0.25, 0.3) is 0 Å². The number of sulfonamides is 1. The number of nitrogens with one attached hydrogen (secondary N) is 1. The Labute approximate surface area is 149 Å². The van der Waals surface area contributed by atoms with Crippen molar-refractivity contribution in [3.05, 3.63) is 58.7 Å². The Hall–Kier alpha value is -2.34. The Balaban J connectivity index is 2.27. The lowest BCUT2D eigenvalue weighted by Gasteiger charge is -2.23. The summed E-state index contributed by atoms with van der Waals surface area (Å²) in [6.45, 7) is 7.48. The molecule has 2 rings (SSSR count). The number of amides is 1. The van der Waals surface area contributed by atoms with Crippen molar-refractivity contribution >= 4 is 27.3 Å². The summed E-state index contributed by atoms with van der Waals surface area (Å²) in [5.41, 5.74) is 5.25. The maximum absolute atomic E-state index is 12.4. The predicted molar refractivity (Wildman–Crippen MR) is 103 cm³/mol. The molecule has 0 saturated carbocycles. The number of nitrogens with zero attached hydrogens (tertiary/aromatic N) is 1. The standard InChI is InChI=1S/C19H24N2O3S/c1-13-9-10-17(11-15(13)3)21(25(5,23)24)12-19(22)20-18-8-6-7-14(2)16(18)4/h6-11H,12H2,1-5H3,(H,20,22). The van der Waals surface area contributed by atoms with Crippen molar-refractivity contribution < 1.29 is 13.2 Å². The maximum atomic E-state index is 12.4. The quantitative estimate of drug-likeness (QED) is 0.889. The Kier molecular flexibility index (Phi) is 5.52. The monoisotopic (exact) mass is 360 g/mol. The maximum Gasteiger partial charge on any atom is 0.245 e. The smallest absolute Gasteiger partial charge is 0.245 e. The summed E-state index contributed by atoms with van der Waals surface area (Å²) in [7, 11) is -3.58. The van der Waals surface area contributed by atoms with E-state index in [1.54, 1.807) is 18.2 Å². The van der Waals surface area contributed by atoms with Crippen LogP contribution in [0.15, 0.2) is 36.4 Å². The highest BCUT2D eigenvalue weighted by molar-refractivity contribution is 7.92. The summed E-state index contributed by atoms with van der Waals surface area (Å²) >= 11 is 0. The average Bonchev–Trinajstić information content (AvgIpc) is 2.51. The third kappa shape index (κ3) is 4.60. The fourth-order valence-electron chi connectivity index (χ4n) is 2.49. The molecule has 5 nitrogen and oxygen atoms in total. The molecule has 0 atom stereocenters. The van der Waals surface area contributed by atoms with Gasteiger partial charge in [0.2, 0.25) is 15.9 Å². The number of hydrogen-bond donors (Lipinski definition) is 1. The average molecular weight is 360 g/mol. The van der Waals surface area contributed by atoms with Crippen molar-refractivity contribution in [2.45, 2.75) is 27.7 Å². The normalized spacial score (nSPS) is 11.2. The lowest BCUT2D eigenvalue weighted by Crippen LogP contribution is -2.37. The van der Waals surface area contributed by atoms with Crippen molar-refractivity contribution in [1.82, 2.24) is 0 Å². The van der Waals surface area contributed by atoms with Crippen LogP contribution in [0.5, 0.6) is 0 Å². The molecule has 0 saturated heterocycles. The van der Waals surface area contributed by atoms with Crippen LogP contribution in [0.3, 0.4) is 0 Å². The first-order valence-corrected chi connectivity index (χ1v) is 9.85. The molecule has 1 N–H and O–H groups in total. The third-order valence-electron chi connectivity index (χ3n) is 4.34. The van der Waals surface area contributed by atoms with Crippen LogP contribution in [0.4, 0.5) is 11.4 Å². The number of anilines is 2. The van der Waals surface area contributed by atoms with Crippen LogP contribution < -0.4 is 9.62 Å². The van der Waals surface area contributed by atoms with Gasteiger partial charge in [0, 0.05) is 5.69 Å². The van der Waals surface area contributed by atoms with Crippen LogP contribution in [-0.4, -0.2) is 27.1 Å². The molecule has 0 bridgehead atoms. The van der Waals surface area contributed by atoms with E-state index in [9.17, 15) is 13.2 Å². The van der Waals surface area contributed by atoms with Crippen molar-refractivity contribution in [1.29, 1.82) is 0 Å². The van der Waals surface area contributed by atoms with Gasteiger partial charge in [-0.1, -0.05) is 18.2 Å². The zero-order valence-electron chi connectivity index (χ0n) is 15.3. The van der Waals surface area contributed by atoms with Crippen LogP contribution in [0.2, 0.25) is 0 Å². The molecule has 0 radical (unpaired) electrons. The van der Waals surface area contributed by atoms with Gasteiger partial charge in [0.1, 0.15) is 6.54 Å². The van der Waals surface area contributed by atoms with Crippen molar-refractivity contribution in [3.63, 3.8) is 0 Å². The van der Waals surface area contributed by atoms with Crippen LogP contribution >= 0.6 is 0 Å². The second kappa shape index (κ2) is 7.27. The number of rotatable bonds is 5. The van der Waals surface area contributed by atoms with Gasteiger partial charge in [-0.15, -0.1) is 0 Å². The van der Waals surface area contributed by atoms with Gasteiger partial charge < -0.3 is 5.32 Å². The molecule has 0 fully saturated rings. The Bertz CT molecular complexity index is 905. The Morgan fingerprint density at radius 3 is 2.28 bits per heavy atom. The summed E-state index contributed by atoms with van der Waals surface area (Å²) in [5.74, 6) is -0.377. The third-order valence-corrected chi connectivity index (χ3v) is 5.49. The lowest BCUT2D eigenvalue weighted by atomic mass is 10.1. The molecular weight excluding hydrogens is 336 g/mol. The number of carbonyl (C=O) groups excluding carboxylic acids is 1. The van der Waals surface area contributed by atoms with E-state index in [4.69, 9.17) is 0 Å². The summed E-state index contributed by atoms with van der Waals surface area (Å²) in [4.78, 5) is 12.4. The first-order valence-electron chi connectivity index (χ1n) is 8.00. The fourth-order valence-corrected chi connectivity index (χ4v) is 3.34. The summed E-state index contributed by atoms with van der Waals surface area (Å²) in [6, 6.07) is 11.0. The molecule has 134 valence electrons. The topological polar surface area (TPSA) is 66.5 Å². The van der Waals surface area contributed by atoms with Gasteiger partial charge in [0.15, 0.2) is 0 Å². The summed E-state index contributed by atoms with van der Waals surface area (Å²) in [6.07, 6.45) is 1.10. The van der Waals surface area contributed by atoms with E-state index in [1.807, 2.05) is 45.9 Å². The molecular formula is C19H24N2O3S. The van der Waals surface area contributed by atoms with Gasteiger partial charge in [-0.3, -0.25) is 9.10 Å². The van der Waals surface area contributed by atoms with Gasteiger partial charge in [-0.2, -0.15) is 0 Å². The van der Waals surface area contributed by atoms with Crippen LogP contribution in [-0.2, 0) is 14.8 Å².